The van der Waals surface area contributed by atoms with Gasteiger partial charge in [-0.15, -0.1) is 11.6 Å². The topological polar surface area (TPSA) is 20.3 Å². The molecule has 0 saturated heterocycles. The largest absolute Gasteiger partial charge is 0.300 e. The van der Waals surface area contributed by atoms with Gasteiger partial charge in [-0.3, -0.25) is 9.69 Å². The van der Waals surface area contributed by atoms with Gasteiger partial charge in [0.15, 0.2) is 0 Å². The standard InChI is InChI=1S/C17H18ClNOS3/c1-8-6-11-12(7-9(8)2)19(15(20)10(3)18)17(4,5)14-13(11)16(21)23-22-14/h6-7,10H,1-5H3/t10-/m1/s1. The minimum Gasteiger partial charge on any atom is -0.300 e. The van der Waals surface area contributed by atoms with Gasteiger partial charge in [0.05, 0.1) is 16.1 Å². The number of nitrogens with zero attached hydrogens (tertiary/aromatic N) is 1. The van der Waals surface area contributed by atoms with Crippen molar-refractivity contribution in [2.45, 2.75) is 45.5 Å². The Bertz CT molecular complexity index is 863. The summed E-state index contributed by atoms with van der Waals surface area (Å²) in [5.74, 6) is -0.0730. The molecule has 2 nitrogen and oxygen atoms in total. The van der Waals surface area contributed by atoms with Gasteiger partial charge in [0.1, 0.15) is 9.20 Å². The molecule has 2 heterocycles. The minimum absolute atomic E-state index is 0.0730. The van der Waals surface area contributed by atoms with Gasteiger partial charge in [0.2, 0.25) is 5.91 Å². The number of halogens is 1. The van der Waals surface area contributed by atoms with Crippen molar-refractivity contribution in [2.24, 2.45) is 0 Å². The quantitative estimate of drug-likeness (QED) is 0.340. The highest BCUT2D eigenvalue weighted by molar-refractivity contribution is 7.80. The monoisotopic (exact) mass is 383 g/mol. The van der Waals surface area contributed by atoms with Crippen LogP contribution in [-0.4, -0.2) is 11.3 Å². The summed E-state index contributed by atoms with van der Waals surface area (Å²) in [5, 5.41) is -0.572. The lowest BCUT2D eigenvalue weighted by molar-refractivity contribution is -0.119. The summed E-state index contributed by atoms with van der Waals surface area (Å²) in [7, 11) is 3.27. The average Bonchev–Trinajstić information content (AvgIpc) is 2.84. The van der Waals surface area contributed by atoms with Crippen LogP contribution in [-0.2, 0) is 10.3 Å². The molecule has 0 saturated carbocycles. The van der Waals surface area contributed by atoms with Crippen molar-refractivity contribution < 1.29 is 4.79 Å². The van der Waals surface area contributed by atoms with Crippen LogP contribution in [0, 0.1) is 17.7 Å². The van der Waals surface area contributed by atoms with Crippen LogP contribution >= 0.6 is 44.5 Å². The number of carbonyl (C=O) groups excluding carboxylic acids is 1. The Morgan fingerprint density at radius 2 is 1.87 bits per heavy atom. The summed E-state index contributed by atoms with van der Waals surface area (Å²) in [4.78, 5) is 15.9. The zero-order valence-corrected chi connectivity index (χ0v) is 16.9. The number of hydrogen-bond acceptors (Lipinski definition) is 4. The zero-order chi connectivity index (χ0) is 17.1. The number of fused-ring (bicyclic) bond motifs is 3. The number of amides is 1. The first kappa shape index (κ1) is 17.1. The van der Waals surface area contributed by atoms with Crippen molar-refractivity contribution in [1.29, 1.82) is 0 Å². The highest BCUT2D eigenvalue weighted by Crippen LogP contribution is 2.52. The van der Waals surface area contributed by atoms with Crippen LogP contribution < -0.4 is 4.90 Å². The van der Waals surface area contributed by atoms with Gasteiger partial charge in [0.25, 0.3) is 0 Å². The summed E-state index contributed by atoms with van der Waals surface area (Å²) in [5.41, 5.74) is 4.99. The van der Waals surface area contributed by atoms with E-state index in [1.807, 2.05) is 4.90 Å². The Labute approximate surface area is 154 Å². The Kier molecular flexibility index (Phi) is 4.20. The van der Waals surface area contributed by atoms with Crippen LogP contribution in [0.2, 0.25) is 0 Å². The van der Waals surface area contributed by atoms with E-state index in [4.69, 9.17) is 23.8 Å². The molecule has 6 heteroatoms. The normalized spacial score (nSPS) is 16.7. The highest BCUT2D eigenvalue weighted by Gasteiger charge is 2.43. The molecule has 23 heavy (non-hydrogen) atoms. The van der Waals surface area contributed by atoms with Gasteiger partial charge in [-0.1, -0.05) is 32.9 Å². The highest BCUT2D eigenvalue weighted by atomic mass is 35.5. The zero-order valence-electron chi connectivity index (χ0n) is 13.7. The Morgan fingerprint density at radius 1 is 1.26 bits per heavy atom. The van der Waals surface area contributed by atoms with Gasteiger partial charge >= 0.3 is 0 Å². The molecule has 0 unspecified atom stereocenters. The van der Waals surface area contributed by atoms with Gasteiger partial charge < -0.3 is 0 Å². The van der Waals surface area contributed by atoms with Gasteiger partial charge in [-0.2, -0.15) is 0 Å². The van der Waals surface area contributed by atoms with E-state index in [0.29, 0.717) is 0 Å². The molecule has 0 spiro atoms. The molecule has 3 rings (SSSR count). The summed E-state index contributed by atoms with van der Waals surface area (Å²) in [6.07, 6.45) is 0. The number of anilines is 1. The van der Waals surface area contributed by atoms with Crippen LogP contribution in [0.25, 0.3) is 11.1 Å². The molecule has 1 aliphatic heterocycles. The number of benzene rings is 1. The molecule has 0 N–H and O–H groups in total. The predicted octanol–water partition coefficient (Wildman–Crippen LogP) is 6.03. The molecule has 122 valence electrons. The maximum Gasteiger partial charge on any atom is 0.245 e. The number of hydrogen-bond donors (Lipinski definition) is 0. The summed E-state index contributed by atoms with van der Waals surface area (Å²) in [6.45, 7) is 10.0. The molecule has 1 aliphatic rings. The molecule has 0 aliphatic carbocycles. The van der Waals surface area contributed by atoms with E-state index >= 15 is 0 Å². The van der Waals surface area contributed by atoms with E-state index < -0.39 is 10.9 Å². The van der Waals surface area contributed by atoms with Gasteiger partial charge in [-0.05, 0) is 57.9 Å². The fourth-order valence-electron chi connectivity index (χ4n) is 3.06. The van der Waals surface area contributed by atoms with Crippen LogP contribution in [0.5, 0.6) is 0 Å². The Morgan fingerprint density at radius 3 is 2.48 bits per heavy atom. The summed E-state index contributed by atoms with van der Waals surface area (Å²) in [6, 6.07) is 4.23. The van der Waals surface area contributed by atoms with Gasteiger partial charge in [0, 0.05) is 11.1 Å². The van der Waals surface area contributed by atoms with Crippen LogP contribution in [0.1, 0.15) is 36.8 Å². The second kappa shape index (κ2) is 5.66. The van der Waals surface area contributed by atoms with Crippen molar-refractivity contribution in [3.63, 3.8) is 0 Å². The third-order valence-corrected chi connectivity index (χ3v) is 7.95. The lowest BCUT2D eigenvalue weighted by Crippen LogP contribution is -2.50. The number of carbonyl (C=O) groups is 1. The first-order chi connectivity index (χ1) is 10.7. The lowest BCUT2D eigenvalue weighted by Gasteiger charge is -2.43. The van der Waals surface area contributed by atoms with Crippen molar-refractivity contribution in [3.05, 3.63) is 32.0 Å². The fraction of sp³-hybridized carbons (Fsp3) is 0.412. The Hall–Kier alpha value is -0.750. The van der Waals surface area contributed by atoms with E-state index in [9.17, 15) is 4.79 Å². The molecule has 0 bridgehead atoms. The van der Waals surface area contributed by atoms with E-state index in [0.717, 1.165) is 31.1 Å². The van der Waals surface area contributed by atoms with E-state index in [2.05, 4.69) is 39.8 Å². The number of rotatable bonds is 1. The molecule has 1 aromatic carbocycles. The smallest absolute Gasteiger partial charge is 0.245 e. The molecule has 2 aromatic rings. The van der Waals surface area contributed by atoms with Crippen molar-refractivity contribution in [2.75, 3.05) is 4.90 Å². The average molecular weight is 384 g/mol. The third-order valence-electron chi connectivity index (χ3n) is 4.43. The molecular formula is C17H18ClNOS3. The van der Waals surface area contributed by atoms with Crippen LogP contribution in [0.4, 0.5) is 5.69 Å². The molecule has 0 fully saturated rings. The molecular weight excluding hydrogens is 366 g/mol. The maximum absolute atomic E-state index is 12.9. The molecule has 1 amide bonds. The van der Waals surface area contributed by atoms with Crippen molar-refractivity contribution in [1.82, 2.24) is 0 Å². The van der Waals surface area contributed by atoms with E-state index in [1.54, 1.807) is 27.6 Å². The van der Waals surface area contributed by atoms with Gasteiger partial charge in [-0.25, -0.2) is 0 Å². The van der Waals surface area contributed by atoms with Crippen LogP contribution in [0.15, 0.2) is 12.1 Å². The number of aryl methyl sites for hydroxylation is 2. The summed E-state index contributed by atoms with van der Waals surface area (Å²) < 4.78 is 0.897. The van der Waals surface area contributed by atoms with Crippen molar-refractivity contribution in [3.8, 4) is 11.1 Å². The second-order valence-electron chi connectivity index (χ2n) is 6.46. The van der Waals surface area contributed by atoms with Crippen molar-refractivity contribution >= 4 is 56.1 Å². The minimum atomic E-state index is -0.572. The third kappa shape index (κ3) is 2.49. The predicted molar refractivity (Wildman–Crippen MR) is 104 cm³/mol. The fourth-order valence-corrected chi connectivity index (χ4v) is 6.44. The van der Waals surface area contributed by atoms with E-state index in [-0.39, 0.29) is 5.91 Å². The summed E-state index contributed by atoms with van der Waals surface area (Å²) >= 11 is 11.7. The molecule has 1 atom stereocenters. The maximum atomic E-state index is 12.9. The molecule has 1 aromatic heterocycles. The van der Waals surface area contributed by atoms with Crippen LogP contribution in [0.3, 0.4) is 0 Å². The second-order valence-corrected chi connectivity index (χ2v) is 9.93. The first-order valence-corrected chi connectivity index (χ1v) is 10.4. The lowest BCUT2D eigenvalue weighted by atomic mass is 9.85. The first-order valence-electron chi connectivity index (χ1n) is 7.39. The Balaban J connectivity index is 2.40. The SMILES string of the molecule is Cc1cc2c(cc1C)N(C(=O)[C@@H](C)Cl)C(C)(C)c1ssc(=S)c1-2. The van der Waals surface area contributed by atoms with E-state index in [1.165, 1.54) is 5.56 Å². The number of alkyl halides is 1. The molecule has 0 radical (unpaired) electrons.